The van der Waals surface area contributed by atoms with Crippen molar-refractivity contribution < 1.29 is 13.3 Å². The van der Waals surface area contributed by atoms with Gasteiger partial charge in [-0.25, -0.2) is 13.4 Å². The molecule has 0 amide bonds. The van der Waals surface area contributed by atoms with Gasteiger partial charge >= 0.3 is 0 Å². The minimum absolute atomic E-state index is 0.00486. The molecule has 0 radical (unpaired) electrons. The molecule has 1 heterocycles. The minimum Gasteiger partial charge on any atom is -0.329 e. The molecule has 0 aliphatic carbocycles. The molecular weight excluding hydrogens is 424 g/mol. The third-order valence-electron chi connectivity index (χ3n) is 3.91. The maximum atomic E-state index is 12.8. The molecule has 0 unspecified atom stereocenters. The molecule has 8 nitrogen and oxygen atoms in total. The molecule has 3 rings (SSSR count). The molecule has 146 valence electrons. The van der Waals surface area contributed by atoms with Crippen molar-refractivity contribution in [1.29, 1.82) is 0 Å². The summed E-state index contributed by atoms with van der Waals surface area (Å²) in [4.78, 5) is 15.1. The van der Waals surface area contributed by atoms with Gasteiger partial charge in [-0.3, -0.25) is 14.8 Å². The molecule has 2 aromatic carbocycles. The summed E-state index contributed by atoms with van der Waals surface area (Å²) in [6, 6.07) is 9.01. The van der Waals surface area contributed by atoms with Crippen LogP contribution in [0.2, 0.25) is 5.02 Å². The topological polar surface area (TPSA) is 107 Å². The van der Waals surface area contributed by atoms with Crippen LogP contribution in [0.3, 0.4) is 0 Å². The van der Waals surface area contributed by atoms with Gasteiger partial charge in [0, 0.05) is 36.0 Å². The number of hydrogen-bond acceptors (Lipinski definition) is 6. The molecule has 0 aliphatic rings. The number of nitro benzene ring substituents is 1. The van der Waals surface area contributed by atoms with Crippen LogP contribution in [0.25, 0.3) is 0 Å². The van der Waals surface area contributed by atoms with Crippen LogP contribution >= 0.6 is 23.4 Å². The highest BCUT2D eigenvalue weighted by atomic mass is 35.5. The second-order valence-corrected chi connectivity index (χ2v) is 8.93. The van der Waals surface area contributed by atoms with E-state index in [2.05, 4.69) is 9.71 Å². The van der Waals surface area contributed by atoms with Gasteiger partial charge in [0.2, 0.25) is 0 Å². The van der Waals surface area contributed by atoms with E-state index in [0.29, 0.717) is 15.7 Å². The van der Waals surface area contributed by atoms with Crippen molar-refractivity contribution in [3.8, 4) is 0 Å². The molecular formula is C17H15ClN4O4S2. The monoisotopic (exact) mass is 438 g/mol. The molecule has 28 heavy (non-hydrogen) atoms. The van der Waals surface area contributed by atoms with E-state index in [1.807, 2.05) is 7.05 Å². The Balaban J connectivity index is 1.98. The quantitative estimate of drug-likeness (QED) is 0.455. The first-order chi connectivity index (χ1) is 13.2. The van der Waals surface area contributed by atoms with E-state index in [1.165, 1.54) is 24.8 Å². The number of imidazole rings is 1. The lowest BCUT2D eigenvalue weighted by Gasteiger charge is -2.13. The highest BCUT2D eigenvalue weighted by Gasteiger charge is 2.23. The Kier molecular flexibility index (Phi) is 5.64. The first-order valence-electron chi connectivity index (χ1n) is 7.90. The standard InChI is InChI=1S/C17H15ClN4O4S2/c1-11-13(18)9-12(10-15(11)22(23)24)28(25,26)20-14-5-3-4-6-16(14)27-17-19-7-8-21(17)2/h3-10,20H,1-2H3. The lowest BCUT2D eigenvalue weighted by Crippen LogP contribution is -2.14. The second kappa shape index (κ2) is 7.82. The van der Waals surface area contributed by atoms with E-state index in [4.69, 9.17) is 11.6 Å². The van der Waals surface area contributed by atoms with Crippen LogP contribution in [-0.4, -0.2) is 22.9 Å². The van der Waals surface area contributed by atoms with Gasteiger partial charge in [0.1, 0.15) is 0 Å². The van der Waals surface area contributed by atoms with E-state index >= 15 is 0 Å². The highest BCUT2D eigenvalue weighted by molar-refractivity contribution is 7.99. The smallest absolute Gasteiger partial charge is 0.275 e. The summed E-state index contributed by atoms with van der Waals surface area (Å²) in [7, 11) is -2.27. The Labute approximate surface area is 170 Å². The summed E-state index contributed by atoms with van der Waals surface area (Å²) in [6.45, 7) is 1.46. The molecule has 1 N–H and O–H groups in total. The number of halogens is 1. The van der Waals surface area contributed by atoms with Crippen LogP contribution in [0.5, 0.6) is 0 Å². The predicted octanol–water partition coefficient (Wildman–Crippen LogP) is 4.24. The van der Waals surface area contributed by atoms with E-state index in [-0.39, 0.29) is 21.2 Å². The number of nitro groups is 1. The first-order valence-corrected chi connectivity index (χ1v) is 10.6. The van der Waals surface area contributed by atoms with Crippen molar-refractivity contribution in [2.75, 3.05) is 4.72 Å². The number of rotatable bonds is 6. The van der Waals surface area contributed by atoms with E-state index in [1.54, 1.807) is 41.2 Å². The number of para-hydroxylation sites is 1. The van der Waals surface area contributed by atoms with Crippen molar-refractivity contribution in [3.63, 3.8) is 0 Å². The van der Waals surface area contributed by atoms with Crippen molar-refractivity contribution in [1.82, 2.24) is 9.55 Å². The normalized spacial score (nSPS) is 11.4. The Morgan fingerprint density at radius 3 is 2.64 bits per heavy atom. The minimum atomic E-state index is -4.10. The molecule has 0 bridgehead atoms. The number of nitrogens with one attached hydrogen (secondary N) is 1. The SMILES string of the molecule is Cc1c(Cl)cc(S(=O)(=O)Nc2ccccc2Sc2nccn2C)cc1[N+](=O)[O-]. The van der Waals surface area contributed by atoms with Crippen LogP contribution in [0.15, 0.2) is 63.7 Å². The number of hydrogen-bond donors (Lipinski definition) is 1. The third-order valence-corrected chi connectivity index (χ3v) is 6.80. The van der Waals surface area contributed by atoms with Crippen molar-refractivity contribution >= 4 is 44.8 Å². The number of nitrogens with zero attached hydrogens (tertiary/aromatic N) is 3. The molecule has 0 atom stereocenters. The van der Waals surface area contributed by atoms with Gasteiger partial charge in [0.05, 0.1) is 20.5 Å². The summed E-state index contributed by atoms with van der Waals surface area (Å²) >= 11 is 7.29. The van der Waals surface area contributed by atoms with Crippen LogP contribution in [0.1, 0.15) is 5.56 Å². The van der Waals surface area contributed by atoms with Gasteiger partial charge in [0.25, 0.3) is 15.7 Å². The molecule has 11 heteroatoms. The summed E-state index contributed by atoms with van der Waals surface area (Å²) in [5.74, 6) is 0. The lowest BCUT2D eigenvalue weighted by atomic mass is 10.2. The summed E-state index contributed by atoms with van der Waals surface area (Å²) in [5, 5.41) is 11.9. The van der Waals surface area contributed by atoms with Crippen LogP contribution in [0.4, 0.5) is 11.4 Å². The Morgan fingerprint density at radius 1 is 1.29 bits per heavy atom. The molecule has 3 aromatic rings. The van der Waals surface area contributed by atoms with Crippen LogP contribution in [0, 0.1) is 17.0 Å². The number of aryl methyl sites for hydroxylation is 1. The zero-order valence-electron chi connectivity index (χ0n) is 14.8. The lowest BCUT2D eigenvalue weighted by molar-refractivity contribution is -0.385. The molecule has 1 aromatic heterocycles. The zero-order valence-corrected chi connectivity index (χ0v) is 17.2. The number of aromatic nitrogens is 2. The van der Waals surface area contributed by atoms with Crippen LogP contribution < -0.4 is 4.72 Å². The van der Waals surface area contributed by atoms with E-state index in [9.17, 15) is 18.5 Å². The predicted molar refractivity (Wildman–Crippen MR) is 107 cm³/mol. The first kappa shape index (κ1) is 20.2. The molecule has 0 aliphatic heterocycles. The average molecular weight is 439 g/mol. The van der Waals surface area contributed by atoms with Gasteiger partial charge in [-0.15, -0.1) is 0 Å². The van der Waals surface area contributed by atoms with Crippen molar-refractivity contribution in [2.24, 2.45) is 7.05 Å². The van der Waals surface area contributed by atoms with Gasteiger partial charge in [-0.05, 0) is 36.9 Å². The fourth-order valence-corrected chi connectivity index (χ4v) is 4.74. The number of anilines is 1. The fourth-order valence-electron chi connectivity index (χ4n) is 2.38. The maximum absolute atomic E-state index is 12.8. The molecule has 0 saturated carbocycles. The van der Waals surface area contributed by atoms with Gasteiger partial charge in [-0.1, -0.05) is 23.7 Å². The average Bonchev–Trinajstić information content (AvgIpc) is 3.03. The van der Waals surface area contributed by atoms with Gasteiger partial charge in [-0.2, -0.15) is 0 Å². The van der Waals surface area contributed by atoms with Gasteiger partial charge in [0.15, 0.2) is 5.16 Å². The third kappa shape index (κ3) is 4.13. The fraction of sp³-hybridized carbons (Fsp3) is 0.118. The van der Waals surface area contributed by atoms with E-state index < -0.39 is 14.9 Å². The highest BCUT2D eigenvalue weighted by Crippen LogP contribution is 2.35. The second-order valence-electron chi connectivity index (χ2n) is 5.83. The van der Waals surface area contributed by atoms with Crippen molar-refractivity contribution in [3.05, 3.63) is 69.5 Å². The Bertz CT molecular complexity index is 1160. The largest absolute Gasteiger partial charge is 0.329 e. The molecule has 0 saturated heterocycles. The Hall–Kier alpha value is -2.56. The van der Waals surface area contributed by atoms with Gasteiger partial charge < -0.3 is 4.57 Å². The Morgan fingerprint density at radius 2 is 2.00 bits per heavy atom. The summed E-state index contributed by atoms with van der Waals surface area (Å²) in [5.41, 5.74) is 0.176. The summed E-state index contributed by atoms with van der Waals surface area (Å²) in [6.07, 6.45) is 3.42. The summed E-state index contributed by atoms with van der Waals surface area (Å²) < 4.78 is 30.0. The van der Waals surface area contributed by atoms with Crippen LogP contribution in [-0.2, 0) is 17.1 Å². The number of sulfonamides is 1. The number of benzene rings is 2. The van der Waals surface area contributed by atoms with E-state index in [0.717, 1.165) is 6.07 Å². The molecule has 0 fully saturated rings. The maximum Gasteiger partial charge on any atom is 0.275 e. The van der Waals surface area contributed by atoms with Crippen molar-refractivity contribution in [2.45, 2.75) is 21.9 Å². The zero-order chi connectivity index (χ0) is 20.5. The molecule has 0 spiro atoms.